The van der Waals surface area contributed by atoms with E-state index in [1.807, 2.05) is 13.8 Å². The first-order valence-electron chi connectivity index (χ1n) is 5.66. The van der Waals surface area contributed by atoms with E-state index in [1.54, 1.807) is 6.08 Å². The minimum absolute atomic E-state index is 0.148. The van der Waals surface area contributed by atoms with E-state index in [-0.39, 0.29) is 11.7 Å². The molecule has 2 bridgehead atoms. The molecular weight excluding hydrogens is 208 g/mol. The van der Waals surface area contributed by atoms with Gasteiger partial charge in [0.25, 0.3) is 0 Å². The third-order valence-electron chi connectivity index (χ3n) is 3.40. The summed E-state index contributed by atoms with van der Waals surface area (Å²) in [5, 5.41) is 0.617. The Bertz CT molecular complexity index is 313. The van der Waals surface area contributed by atoms with Crippen LogP contribution in [0.25, 0.3) is 0 Å². The quantitative estimate of drug-likeness (QED) is 0.677. The number of hydrogen-bond donors (Lipinski definition) is 0. The molecule has 0 aliphatic carbocycles. The maximum absolute atomic E-state index is 11.9. The minimum Gasteiger partial charge on any atom is -0.295 e. The van der Waals surface area contributed by atoms with E-state index < -0.39 is 10.8 Å². The number of rotatable bonds is 2. The molecule has 2 aliphatic heterocycles. The zero-order valence-electron chi connectivity index (χ0n) is 9.36. The summed E-state index contributed by atoms with van der Waals surface area (Å²) in [5.41, 5.74) is 1.07. The van der Waals surface area contributed by atoms with E-state index >= 15 is 0 Å². The van der Waals surface area contributed by atoms with Gasteiger partial charge in [-0.15, -0.1) is 0 Å². The van der Waals surface area contributed by atoms with Crippen molar-refractivity contribution in [3.05, 3.63) is 11.6 Å². The number of hydrogen-bond acceptors (Lipinski definition) is 2. The van der Waals surface area contributed by atoms with E-state index in [2.05, 4.69) is 0 Å². The van der Waals surface area contributed by atoms with Crippen LogP contribution in [-0.2, 0) is 15.6 Å². The summed E-state index contributed by atoms with van der Waals surface area (Å²) in [6.07, 6.45) is 5.58. The van der Waals surface area contributed by atoms with Crippen molar-refractivity contribution in [3.63, 3.8) is 0 Å². The second kappa shape index (κ2) is 4.20. The Labute approximate surface area is 93.6 Å². The second-order valence-electron chi connectivity index (χ2n) is 4.94. The summed E-state index contributed by atoms with van der Waals surface area (Å²) in [6.45, 7) is 3.90. The third-order valence-corrected chi connectivity index (χ3v) is 5.57. The average Bonchev–Trinajstić information content (AvgIpc) is 2.38. The molecule has 0 amide bonds. The Hall–Kier alpha value is -0.440. The highest BCUT2D eigenvalue weighted by Gasteiger charge is 2.42. The molecule has 2 unspecified atom stereocenters. The number of carbonyl (C=O) groups is 1. The lowest BCUT2D eigenvalue weighted by atomic mass is 9.93. The van der Waals surface area contributed by atoms with Crippen molar-refractivity contribution in [1.82, 2.24) is 0 Å². The van der Waals surface area contributed by atoms with Crippen molar-refractivity contribution in [2.24, 2.45) is 5.92 Å². The van der Waals surface area contributed by atoms with Crippen LogP contribution >= 0.6 is 0 Å². The van der Waals surface area contributed by atoms with Crippen molar-refractivity contribution in [2.75, 3.05) is 0 Å². The zero-order valence-corrected chi connectivity index (χ0v) is 10.2. The standard InChI is InChI=1S/C12H18O2S/c1-8(2)5-12(13)9-6-10-3-4-11(7-9)15(10)14/h5,9-11H,3-4,6-7H2,1-2H3. The lowest BCUT2D eigenvalue weighted by Gasteiger charge is -2.25. The molecule has 3 heteroatoms. The molecule has 0 aromatic carbocycles. The molecular formula is C12H18O2S. The van der Waals surface area contributed by atoms with E-state index in [0.717, 1.165) is 31.3 Å². The van der Waals surface area contributed by atoms with E-state index in [9.17, 15) is 9.00 Å². The summed E-state index contributed by atoms with van der Waals surface area (Å²) >= 11 is 0. The van der Waals surface area contributed by atoms with E-state index in [4.69, 9.17) is 0 Å². The molecule has 0 spiro atoms. The summed E-state index contributed by atoms with van der Waals surface area (Å²) < 4.78 is 11.8. The van der Waals surface area contributed by atoms with Gasteiger partial charge in [0.1, 0.15) is 0 Å². The number of carbonyl (C=O) groups excluding carboxylic acids is 1. The van der Waals surface area contributed by atoms with Crippen molar-refractivity contribution >= 4 is 16.6 Å². The first kappa shape index (κ1) is 11.1. The molecule has 2 fully saturated rings. The molecule has 84 valence electrons. The number of fused-ring (bicyclic) bond motifs is 2. The van der Waals surface area contributed by atoms with Gasteiger partial charge in [0.05, 0.1) is 0 Å². The van der Waals surface area contributed by atoms with Gasteiger partial charge in [0, 0.05) is 27.2 Å². The monoisotopic (exact) mass is 226 g/mol. The van der Waals surface area contributed by atoms with Gasteiger partial charge in [0.2, 0.25) is 0 Å². The van der Waals surface area contributed by atoms with Crippen LogP contribution in [0.1, 0.15) is 39.5 Å². The van der Waals surface area contributed by atoms with Crippen LogP contribution < -0.4 is 0 Å². The van der Waals surface area contributed by atoms with Crippen molar-refractivity contribution in [3.8, 4) is 0 Å². The molecule has 2 aliphatic rings. The lowest BCUT2D eigenvalue weighted by molar-refractivity contribution is -0.118. The van der Waals surface area contributed by atoms with Gasteiger partial charge < -0.3 is 0 Å². The van der Waals surface area contributed by atoms with Gasteiger partial charge in [-0.1, -0.05) is 5.57 Å². The molecule has 2 saturated heterocycles. The summed E-state index contributed by atoms with van der Waals surface area (Å²) in [6, 6.07) is 0. The summed E-state index contributed by atoms with van der Waals surface area (Å²) in [5.74, 6) is 0.402. The second-order valence-corrected chi connectivity index (χ2v) is 6.93. The molecule has 0 aromatic rings. The van der Waals surface area contributed by atoms with Gasteiger partial charge in [-0.2, -0.15) is 0 Å². The molecule has 2 nitrogen and oxygen atoms in total. The smallest absolute Gasteiger partial charge is 0.158 e. The van der Waals surface area contributed by atoms with Crippen LogP contribution in [0, 0.1) is 5.92 Å². The Morgan fingerprint density at radius 2 is 1.73 bits per heavy atom. The molecule has 2 rings (SSSR count). The minimum atomic E-state index is -0.641. The van der Waals surface area contributed by atoms with Gasteiger partial charge in [-0.05, 0) is 45.6 Å². The lowest BCUT2D eigenvalue weighted by Crippen LogP contribution is -2.31. The van der Waals surface area contributed by atoms with Gasteiger partial charge in [-0.3, -0.25) is 9.00 Å². The van der Waals surface area contributed by atoms with Crippen LogP contribution in [0.2, 0.25) is 0 Å². The normalized spacial score (nSPS) is 38.8. The molecule has 0 N–H and O–H groups in total. The molecule has 2 heterocycles. The maximum atomic E-state index is 11.9. The first-order valence-corrected chi connectivity index (χ1v) is 6.93. The van der Waals surface area contributed by atoms with Crippen molar-refractivity contribution in [2.45, 2.75) is 50.0 Å². The molecule has 2 atom stereocenters. The first-order chi connectivity index (χ1) is 7.08. The highest BCUT2D eigenvalue weighted by atomic mass is 32.2. The van der Waals surface area contributed by atoms with E-state index in [0.29, 0.717) is 10.5 Å². The highest BCUT2D eigenvalue weighted by molar-refractivity contribution is 7.86. The largest absolute Gasteiger partial charge is 0.295 e. The average molecular weight is 226 g/mol. The van der Waals surface area contributed by atoms with Crippen LogP contribution in [0.3, 0.4) is 0 Å². The van der Waals surface area contributed by atoms with Crippen LogP contribution in [0.4, 0.5) is 0 Å². The fraction of sp³-hybridized carbons (Fsp3) is 0.750. The third kappa shape index (κ3) is 2.22. The topological polar surface area (TPSA) is 34.1 Å². The Morgan fingerprint density at radius 1 is 1.20 bits per heavy atom. The SMILES string of the molecule is CC(C)=CC(=O)C1CC2CCC(C1)S2=O. The van der Waals surface area contributed by atoms with Gasteiger partial charge in [-0.25, -0.2) is 0 Å². The molecule has 0 radical (unpaired) electrons. The summed E-state index contributed by atoms with van der Waals surface area (Å²) in [7, 11) is -0.641. The van der Waals surface area contributed by atoms with Gasteiger partial charge in [0.15, 0.2) is 5.78 Å². The van der Waals surface area contributed by atoms with Gasteiger partial charge >= 0.3 is 0 Å². The molecule has 0 aromatic heterocycles. The Kier molecular flexibility index (Phi) is 3.10. The van der Waals surface area contributed by atoms with Crippen molar-refractivity contribution in [1.29, 1.82) is 0 Å². The number of ketones is 1. The highest BCUT2D eigenvalue weighted by Crippen LogP contribution is 2.39. The fourth-order valence-electron chi connectivity index (χ4n) is 2.67. The summed E-state index contributed by atoms with van der Waals surface area (Å²) in [4.78, 5) is 11.9. The molecule has 0 saturated carbocycles. The molecule has 15 heavy (non-hydrogen) atoms. The maximum Gasteiger partial charge on any atom is 0.158 e. The Balaban J connectivity index is 2.06. The van der Waals surface area contributed by atoms with Crippen molar-refractivity contribution < 1.29 is 9.00 Å². The van der Waals surface area contributed by atoms with Crippen LogP contribution in [0.5, 0.6) is 0 Å². The fourth-order valence-corrected chi connectivity index (χ4v) is 4.79. The Morgan fingerprint density at radius 3 is 2.20 bits per heavy atom. The van der Waals surface area contributed by atoms with E-state index in [1.165, 1.54) is 0 Å². The predicted octanol–water partition coefficient (Wildman–Crippen LogP) is 2.21. The predicted molar refractivity (Wildman–Crippen MR) is 62.1 cm³/mol. The number of allylic oxidation sites excluding steroid dienone is 2. The van der Waals surface area contributed by atoms with Crippen LogP contribution in [0.15, 0.2) is 11.6 Å². The van der Waals surface area contributed by atoms with Crippen LogP contribution in [-0.4, -0.2) is 20.5 Å². The zero-order chi connectivity index (χ0) is 11.0.